The van der Waals surface area contributed by atoms with Crippen LogP contribution >= 0.6 is 0 Å². The first-order chi connectivity index (χ1) is 8.20. The fraction of sp³-hybridized carbons (Fsp3) is 0.643. The number of aryl methyl sites for hydroxylation is 1. The number of hydrogen-bond acceptors (Lipinski definition) is 3. The van der Waals surface area contributed by atoms with Gasteiger partial charge in [-0.2, -0.15) is 0 Å². The van der Waals surface area contributed by atoms with Crippen molar-refractivity contribution in [3.8, 4) is 0 Å². The van der Waals surface area contributed by atoms with Crippen LogP contribution in [0.25, 0.3) is 0 Å². The maximum Gasteiger partial charge on any atom is 0.0667 e. The minimum absolute atomic E-state index is 0.158. The molecule has 0 aromatic carbocycles. The molecule has 1 saturated heterocycles. The number of hydrogen-bond donors (Lipinski definition) is 1. The van der Waals surface area contributed by atoms with E-state index in [-0.39, 0.29) is 6.10 Å². The summed E-state index contributed by atoms with van der Waals surface area (Å²) in [6.45, 7) is 6.18. The lowest BCUT2D eigenvalue weighted by Gasteiger charge is -2.34. The second kappa shape index (κ2) is 5.61. The Morgan fingerprint density at radius 3 is 2.94 bits per heavy atom. The van der Waals surface area contributed by atoms with Crippen LogP contribution in [0.1, 0.15) is 44.0 Å². The molecular weight excluding hydrogens is 212 g/mol. The monoisotopic (exact) mass is 234 g/mol. The first-order valence-corrected chi connectivity index (χ1v) is 6.57. The first-order valence-electron chi connectivity index (χ1n) is 6.57. The average Bonchev–Trinajstić information content (AvgIpc) is 2.38. The number of rotatable bonds is 3. The first kappa shape index (κ1) is 12.5. The van der Waals surface area contributed by atoms with Crippen LogP contribution in [-0.2, 0) is 6.42 Å². The Bertz CT molecular complexity index is 350. The van der Waals surface area contributed by atoms with Crippen LogP contribution in [0.4, 0.5) is 0 Å². The van der Waals surface area contributed by atoms with Gasteiger partial charge in [-0.25, -0.2) is 0 Å². The molecule has 0 radical (unpaired) electrons. The van der Waals surface area contributed by atoms with Gasteiger partial charge in [-0.1, -0.05) is 13.0 Å². The van der Waals surface area contributed by atoms with Crippen LogP contribution < -0.4 is 0 Å². The molecule has 2 atom stereocenters. The van der Waals surface area contributed by atoms with E-state index < -0.39 is 0 Å². The summed E-state index contributed by atoms with van der Waals surface area (Å²) in [7, 11) is 0. The predicted molar refractivity (Wildman–Crippen MR) is 68.8 cm³/mol. The number of aliphatic hydroxyl groups is 1. The number of nitrogens with zero attached hydrogens (tertiary/aromatic N) is 2. The molecule has 3 heteroatoms. The van der Waals surface area contributed by atoms with Crippen LogP contribution in [-0.4, -0.2) is 34.2 Å². The maximum atomic E-state index is 9.70. The van der Waals surface area contributed by atoms with Gasteiger partial charge in [0.25, 0.3) is 0 Å². The SMILES string of the molecule is CCc1ccc(C(C)N2CCC[C@H](O)C2)cn1. The summed E-state index contributed by atoms with van der Waals surface area (Å²) < 4.78 is 0. The standard InChI is InChI=1S/C14H22N2O/c1-3-13-7-6-12(9-15-13)11(2)16-8-4-5-14(17)10-16/h6-7,9,11,14,17H,3-5,8,10H2,1-2H3/t11?,14-/m0/s1. The molecule has 1 fully saturated rings. The topological polar surface area (TPSA) is 36.4 Å². The molecule has 1 N–H and O–H groups in total. The van der Waals surface area contributed by atoms with E-state index in [2.05, 4.69) is 35.9 Å². The van der Waals surface area contributed by atoms with Crippen LogP contribution in [0.15, 0.2) is 18.3 Å². The van der Waals surface area contributed by atoms with Crippen molar-refractivity contribution >= 4 is 0 Å². The number of aliphatic hydroxyl groups excluding tert-OH is 1. The van der Waals surface area contributed by atoms with Gasteiger partial charge in [-0.05, 0) is 44.4 Å². The molecule has 2 rings (SSSR count). The zero-order chi connectivity index (χ0) is 12.3. The Morgan fingerprint density at radius 1 is 1.53 bits per heavy atom. The van der Waals surface area contributed by atoms with Crippen molar-refractivity contribution in [1.82, 2.24) is 9.88 Å². The molecule has 1 aromatic rings. The van der Waals surface area contributed by atoms with Crippen LogP contribution in [0.3, 0.4) is 0 Å². The Kier molecular flexibility index (Phi) is 4.13. The van der Waals surface area contributed by atoms with Crippen molar-refractivity contribution in [2.75, 3.05) is 13.1 Å². The van der Waals surface area contributed by atoms with Gasteiger partial charge >= 0.3 is 0 Å². The van der Waals surface area contributed by atoms with E-state index in [9.17, 15) is 5.11 Å². The molecule has 0 saturated carbocycles. The lowest BCUT2D eigenvalue weighted by molar-refractivity contribution is 0.0503. The minimum Gasteiger partial charge on any atom is -0.392 e. The van der Waals surface area contributed by atoms with E-state index in [0.29, 0.717) is 6.04 Å². The number of piperidine rings is 1. The zero-order valence-electron chi connectivity index (χ0n) is 10.8. The van der Waals surface area contributed by atoms with Crippen molar-refractivity contribution in [2.45, 2.75) is 45.3 Å². The molecule has 0 aliphatic carbocycles. The average molecular weight is 234 g/mol. The predicted octanol–water partition coefficient (Wildman–Crippen LogP) is 2.16. The molecule has 0 amide bonds. The van der Waals surface area contributed by atoms with E-state index >= 15 is 0 Å². The molecular formula is C14H22N2O. The van der Waals surface area contributed by atoms with Gasteiger partial charge in [-0.3, -0.25) is 9.88 Å². The fourth-order valence-corrected chi connectivity index (χ4v) is 2.44. The van der Waals surface area contributed by atoms with Crippen LogP contribution in [0, 0.1) is 0 Å². The summed E-state index contributed by atoms with van der Waals surface area (Å²) in [5.74, 6) is 0. The smallest absolute Gasteiger partial charge is 0.0667 e. The summed E-state index contributed by atoms with van der Waals surface area (Å²) in [4.78, 5) is 6.79. The highest BCUT2D eigenvalue weighted by Gasteiger charge is 2.22. The Hall–Kier alpha value is -0.930. The Labute approximate surface area is 103 Å². The van der Waals surface area contributed by atoms with Gasteiger partial charge in [-0.15, -0.1) is 0 Å². The van der Waals surface area contributed by atoms with Gasteiger partial charge in [0.15, 0.2) is 0 Å². The number of likely N-dealkylation sites (tertiary alicyclic amines) is 1. The molecule has 3 nitrogen and oxygen atoms in total. The molecule has 1 unspecified atom stereocenters. The molecule has 0 bridgehead atoms. The second-order valence-corrected chi connectivity index (χ2v) is 4.90. The van der Waals surface area contributed by atoms with Gasteiger partial charge in [0.05, 0.1) is 6.10 Å². The van der Waals surface area contributed by atoms with Crippen molar-refractivity contribution in [1.29, 1.82) is 0 Å². The van der Waals surface area contributed by atoms with E-state index in [4.69, 9.17) is 0 Å². The Balaban J connectivity index is 2.04. The molecule has 94 valence electrons. The summed E-state index contributed by atoms with van der Waals surface area (Å²) in [6, 6.07) is 4.62. The normalized spacial score (nSPS) is 23.6. The van der Waals surface area contributed by atoms with Crippen molar-refractivity contribution in [2.24, 2.45) is 0 Å². The maximum absolute atomic E-state index is 9.70. The summed E-state index contributed by atoms with van der Waals surface area (Å²) >= 11 is 0. The minimum atomic E-state index is -0.158. The van der Waals surface area contributed by atoms with Gasteiger partial charge in [0.2, 0.25) is 0 Å². The number of aromatic nitrogens is 1. The second-order valence-electron chi connectivity index (χ2n) is 4.90. The lowest BCUT2D eigenvalue weighted by atomic mass is 10.0. The van der Waals surface area contributed by atoms with E-state index in [1.54, 1.807) is 0 Å². The van der Waals surface area contributed by atoms with E-state index in [0.717, 1.165) is 38.0 Å². The summed E-state index contributed by atoms with van der Waals surface area (Å²) in [6.07, 6.45) is 4.83. The highest BCUT2D eigenvalue weighted by Crippen LogP contribution is 2.23. The molecule has 1 aliphatic rings. The molecule has 1 aromatic heterocycles. The molecule has 17 heavy (non-hydrogen) atoms. The quantitative estimate of drug-likeness (QED) is 0.870. The highest BCUT2D eigenvalue weighted by atomic mass is 16.3. The van der Waals surface area contributed by atoms with Gasteiger partial charge in [0.1, 0.15) is 0 Å². The van der Waals surface area contributed by atoms with Crippen LogP contribution in [0.5, 0.6) is 0 Å². The van der Waals surface area contributed by atoms with E-state index in [1.165, 1.54) is 5.56 Å². The number of pyridine rings is 1. The molecule has 0 spiro atoms. The van der Waals surface area contributed by atoms with Gasteiger partial charge < -0.3 is 5.11 Å². The third-order valence-electron chi connectivity index (χ3n) is 3.67. The molecule has 2 heterocycles. The summed E-state index contributed by atoms with van der Waals surface area (Å²) in [5, 5.41) is 9.70. The van der Waals surface area contributed by atoms with Crippen molar-refractivity contribution in [3.05, 3.63) is 29.6 Å². The third-order valence-corrected chi connectivity index (χ3v) is 3.67. The highest BCUT2D eigenvalue weighted by molar-refractivity contribution is 5.17. The number of β-amino-alcohol motifs (C(OH)–C–C–N with tert-alkyl or cyclic N) is 1. The molecule has 1 aliphatic heterocycles. The van der Waals surface area contributed by atoms with Gasteiger partial charge in [0, 0.05) is 24.5 Å². The van der Waals surface area contributed by atoms with Crippen molar-refractivity contribution < 1.29 is 5.11 Å². The zero-order valence-corrected chi connectivity index (χ0v) is 10.8. The van der Waals surface area contributed by atoms with Crippen LogP contribution in [0.2, 0.25) is 0 Å². The lowest BCUT2D eigenvalue weighted by Crippen LogP contribution is -2.39. The largest absolute Gasteiger partial charge is 0.392 e. The third kappa shape index (κ3) is 3.05. The van der Waals surface area contributed by atoms with E-state index in [1.807, 2.05) is 6.20 Å². The fourth-order valence-electron chi connectivity index (χ4n) is 2.44. The Morgan fingerprint density at radius 2 is 2.35 bits per heavy atom. The van der Waals surface area contributed by atoms with Crippen molar-refractivity contribution in [3.63, 3.8) is 0 Å². The summed E-state index contributed by atoms with van der Waals surface area (Å²) in [5.41, 5.74) is 2.39.